The average Bonchev–Trinajstić information content (AvgIpc) is 2.38. The normalized spacial score (nSPS) is 24.6. The first-order valence-electron chi connectivity index (χ1n) is 6.10. The molecular weight excluding hydrogens is 238 g/mol. The lowest BCUT2D eigenvalue weighted by Crippen LogP contribution is -2.30. The molecule has 2 N–H and O–H groups in total. The Labute approximate surface area is 107 Å². The van der Waals surface area contributed by atoms with E-state index in [9.17, 15) is 0 Å². The lowest BCUT2D eigenvalue weighted by molar-refractivity contribution is 0.145. The van der Waals surface area contributed by atoms with E-state index in [1.165, 1.54) is 25.7 Å². The molecule has 0 saturated heterocycles. The number of halogens is 1. The predicted octanol–water partition coefficient (Wildman–Crippen LogP) is 2.27. The van der Waals surface area contributed by atoms with Gasteiger partial charge in [0.2, 0.25) is 0 Å². The van der Waals surface area contributed by atoms with Crippen LogP contribution in [0.15, 0.2) is 12.4 Å². The molecule has 1 aromatic heterocycles. The van der Waals surface area contributed by atoms with Gasteiger partial charge in [0.1, 0.15) is 0 Å². The van der Waals surface area contributed by atoms with Crippen LogP contribution in [-0.4, -0.2) is 23.1 Å². The van der Waals surface area contributed by atoms with Crippen LogP contribution >= 0.6 is 11.6 Å². The number of hydrogen-bond acceptors (Lipinski definition) is 4. The van der Waals surface area contributed by atoms with Crippen molar-refractivity contribution in [2.75, 3.05) is 13.2 Å². The fourth-order valence-electron chi connectivity index (χ4n) is 2.37. The molecule has 1 aliphatic carbocycles. The summed E-state index contributed by atoms with van der Waals surface area (Å²) >= 11 is 5.71. The van der Waals surface area contributed by atoms with Gasteiger partial charge < -0.3 is 10.5 Å². The Morgan fingerprint density at radius 2 is 1.88 bits per heavy atom. The maximum Gasteiger partial charge on any atom is 0.316 e. The molecule has 2 atom stereocenters. The van der Waals surface area contributed by atoms with Crippen molar-refractivity contribution in [1.29, 1.82) is 0 Å². The van der Waals surface area contributed by atoms with E-state index in [-0.39, 0.29) is 0 Å². The zero-order valence-corrected chi connectivity index (χ0v) is 10.6. The number of hydrogen-bond donors (Lipinski definition) is 1. The van der Waals surface area contributed by atoms with Crippen molar-refractivity contribution >= 4 is 11.6 Å². The predicted molar refractivity (Wildman–Crippen MR) is 67.0 cm³/mol. The molecule has 0 bridgehead atoms. The average molecular weight is 256 g/mol. The lowest BCUT2D eigenvalue weighted by Gasteiger charge is -2.29. The third-order valence-corrected chi connectivity index (χ3v) is 3.59. The fourth-order valence-corrected chi connectivity index (χ4v) is 2.47. The van der Waals surface area contributed by atoms with Crippen molar-refractivity contribution in [3.05, 3.63) is 17.4 Å². The molecular formula is C12H18ClN3O. The second kappa shape index (κ2) is 6.17. The minimum absolute atomic E-state index is 0.399. The summed E-state index contributed by atoms with van der Waals surface area (Å²) in [7, 11) is 0. The number of aromatic nitrogens is 2. The van der Waals surface area contributed by atoms with Crippen LogP contribution in [-0.2, 0) is 0 Å². The van der Waals surface area contributed by atoms with Gasteiger partial charge in [0.15, 0.2) is 0 Å². The molecule has 0 aromatic carbocycles. The minimum atomic E-state index is 0.399. The third-order valence-electron chi connectivity index (χ3n) is 3.39. The fraction of sp³-hybridized carbons (Fsp3) is 0.667. The van der Waals surface area contributed by atoms with Gasteiger partial charge in [0, 0.05) is 0 Å². The Bertz CT molecular complexity index is 344. The van der Waals surface area contributed by atoms with E-state index < -0.39 is 0 Å². The number of nitrogens with two attached hydrogens (primary N) is 1. The van der Waals surface area contributed by atoms with E-state index in [2.05, 4.69) is 9.97 Å². The molecule has 1 aromatic rings. The molecule has 2 unspecified atom stereocenters. The van der Waals surface area contributed by atoms with Gasteiger partial charge in [-0.2, -0.15) is 0 Å². The quantitative estimate of drug-likeness (QED) is 0.897. The van der Waals surface area contributed by atoms with Gasteiger partial charge in [-0.25, -0.2) is 9.97 Å². The van der Waals surface area contributed by atoms with Gasteiger partial charge in [-0.3, -0.25) is 0 Å². The van der Waals surface area contributed by atoms with Crippen LogP contribution in [0.3, 0.4) is 0 Å². The maximum absolute atomic E-state index is 5.78. The van der Waals surface area contributed by atoms with Crippen LogP contribution in [0.4, 0.5) is 0 Å². The van der Waals surface area contributed by atoms with E-state index >= 15 is 0 Å². The van der Waals surface area contributed by atoms with E-state index in [0.717, 1.165) is 6.54 Å². The van der Waals surface area contributed by atoms with E-state index in [1.54, 1.807) is 12.4 Å². The third kappa shape index (κ3) is 3.54. The molecule has 94 valence electrons. The Kier molecular flexibility index (Phi) is 4.57. The second-order valence-corrected chi connectivity index (χ2v) is 4.97. The second-order valence-electron chi connectivity index (χ2n) is 4.54. The van der Waals surface area contributed by atoms with E-state index in [4.69, 9.17) is 22.1 Å². The van der Waals surface area contributed by atoms with Crippen molar-refractivity contribution in [2.45, 2.75) is 25.7 Å². The molecule has 0 amide bonds. The molecule has 2 rings (SSSR count). The molecule has 4 nitrogen and oxygen atoms in total. The summed E-state index contributed by atoms with van der Waals surface area (Å²) < 4.78 is 5.60. The first-order valence-corrected chi connectivity index (χ1v) is 6.48. The van der Waals surface area contributed by atoms with E-state index in [1.807, 2.05) is 0 Å². The van der Waals surface area contributed by atoms with Crippen LogP contribution in [0.25, 0.3) is 0 Å². The Morgan fingerprint density at radius 3 is 2.53 bits per heavy atom. The Morgan fingerprint density at radius 1 is 1.24 bits per heavy atom. The molecule has 5 heteroatoms. The first-order chi connectivity index (χ1) is 8.29. The standard InChI is InChI=1S/C12H18ClN3O/c13-11-6-15-12(16-7-11)17-8-10-4-2-1-3-9(10)5-14/h6-7,9-10H,1-5,8,14H2. The zero-order valence-electron chi connectivity index (χ0n) is 9.81. The van der Waals surface area contributed by atoms with Crippen molar-refractivity contribution in [3.8, 4) is 6.01 Å². The summed E-state index contributed by atoms with van der Waals surface area (Å²) in [5.74, 6) is 1.11. The van der Waals surface area contributed by atoms with Crippen LogP contribution in [0, 0.1) is 11.8 Å². The highest BCUT2D eigenvalue weighted by molar-refractivity contribution is 6.30. The highest BCUT2D eigenvalue weighted by Crippen LogP contribution is 2.29. The summed E-state index contributed by atoms with van der Waals surface area (Å²) in [5, 5.41) is 0.523. The van der Waals surface area contributed by atoms with Gasteiger partial charge in [-0.05, 0) is 31.2 Å². The minimum Gasteiger partial charge on any atom is -0.463 e. The molecule has 1 saturated carbocycles. The van der Waals surface area contributed by atoms with Crippen molar-refractivity contribution in [3.63, 3.8) is 0 Å². The van der Waals surface area contributed by atoms with Crippen LogP contribution < -0.4 is 10.5 Å². The van der Waals surface area contributed by atoms with Crippen molar-refractivity contribution in [2.24, 2.45) is 17.6 Å². The summed E-state index contributed by atoms with van der Waals surface area (Å²) in [5.41, 5.74) is 5.78. The summed E-state index contributed by atoms with van der Waals surface area (Å²) in [4.78, 5) is 8.03. The number of ether oxygens (including phenoxy) is 1. The Balaban J connectivity index is 1.86. The largest absolute Gasteiger partial charge is 0.463 e. The zero-order chi connectivity index (χ0) is 12.1. The van der Waals surface area contributed by atoms with Gasteiger partial charge in [-0.1, -0.05) is 24.4 Å². The van der Waals surface area contributed by atoms with Gasteiger partial charge in [0.25, 0.3) is 0 Å². The molecule has 0 spiro atoms. The Hall–Kier alpha value is -0.870. The van der Waals surface area contributed by atoms with Crippen LogP contribution in [0.2, 0.25) is 5.02 Å². The van der Waals surface area contributed by atoms with Crippen molar-refractivity contribution in [1.82, 2.24) is 9.97 Å². The number of nitrogens with zero attached hydrogens (tertiary/aromatic N) is 2. The molecule has 0 radical (unpaired) electrons. The van der Waals surface area contributed by atoms with Gasteiger partial charge >= 0.3 is 6.01 Å². The maximum atomic E-state index is 5.78. The van der Waals surface area contributed by atoms with Gasteiger partial charge in [-0.15, -0.1) is 0 Å². The summed E-state index contributed by atoms with van der Waals surface area (Å²) in [6, 6.07) is 0.399. The van der Waals surface area contributed by atoms with Gasteiger partial charge in [0.05, 0.1) is 24.0 Å². The highest BCUT2D eigenvalue weighted by atomic mass is 35.5. The van der Waals surface area contributed by atoms with Crippen LogP contribution in [0.1, 0.15) is 25.7 Å². The summed E-state index contributed by atoms with van der Waals surface area (Å²) in [6.45, 7) is 1.40. The monoisotopic (exact) mass is 255 g/mol. The van der Waals surface area contributed by atoms with Crippen LogP contribution in [0.5, 0.6) is 6.01 Å². The molecule has 1 aliphatic rings. The SMILES string of the molecule is NCC1CCCCC1COc1ncc(Cl)cn1. The molecule has 1 heterocycles. The van der Waals surface area contributed by atoms with E-state index in [0.29, 0.717) is 29.5 Å². The topological polar surface area (TPSA) is 61.0 Å². The molecule has 0 aliphatic heterocycles. The lowest BCUT2D eigenvalue weighted by atomic mass is 9.80. The first kappa shape index (κ1) is 12.6. The van der Waals surface area contributed by atoms with Crippen molar-refractivity contribution < 1.29 is 4.74 Å². The molecule has 17 heavy (non-hydrogen) atoms. The summed E-state index contributed by atoms with van der Waals surface area (Å²) in [6.07, 6.45) is 8.06. The smallest absolute Gasteiger partial charge is 0.316 e. The number of rotatable bonds is 4. The molecule has 1 fully saturated rings. The highest BCUT2D eigenvalue weighted by Gasteiger charge is 2.24.